The molecule has 0 aliphatic heterocycles. The van der Waals surface area contributed by atoms with Crippen LogP contribution in [0.5, 0.6) is 5.88 Å². The van der Waals surface area contributed by atoms with Gasteiger partial charge in [-0.1, -0.05) is 27.7 Å². The number of hydrogen-bond donors (Lipinski definition) is 1. The van der Waals surface area contributed by atoms with Gasteiger partial charge in [-0.15, -0.1) is 0 Å². The summed E-state index contributed by atoms with van der Waals surface area (Å²) >= 11 is 0. The van der Waals surface area contributed by atoms with Crippen LogP contribution in [-0.2, 0) is 6.54 Å². The second-order valence-electron chi connectivity index (χ2n) is 5.79. The molecule has 2 rings (SSSR count). The number of nitrogen functional groups attached to an aromatic ring is 1. The van der Waals surface area contributed by atoms with Crippen molar-refractivity contribution in [1.82, 2.24) is 19.5 Å². The summed E-state index contributed by atoms with van der Waals surface area (Å²) < 4.78 is 7.18. The number of methoxy groups -OCH3 is 1. The fourth-order valence-electron chi connectivity index (χ4n) is 2.66. The van der Waals surface area contributed by atoms with Gasteiger partial charge in [-0.3, -0.25) is 4.57 Å². The van der Waals surface area contributed by atoms with E-state index < -0.39 is 0 Å². The van der Waals surface area contributed by atoms with Gasteiger partial charge >= 0.3 is 0 Å². The first-order valence-electron chi connectivity index (χ1n) is 6.96. The fraction of sp³-hybridized carbons (Fsp3) is 0.643. The molecule has 2 aromatic heterocycles. The van der Waals surface area contributed by atoms with Gasteiger partial charge in [0.25, 0.3) is 0 Å². The fourth-order valence-corrected chi connectivity index (χ4v) is 2.66. The molecule has 2 heterocycles. The van der Waals surface area contributed by atoms with Gasteiger partial charge in [0.2, 0.25) is 11.8 Å². The Morgan fingerprint density at radius 2 is 1.85 bits per heavy atom. The van der Waals surface area contributed by atoms with Gasteiger partial charge in [0.1, 0.15) is 6.33 Å². The van der Waals surface area contributed by atoms with Gasteiger partial charge in [-0.05, 0) is 17.8 Å². The molecule has 0 fully saturated rings. The van der Waals surface area contributed by atoms with Crippen LogP contribution in [0.1, 0.15) is 27.7 Å². The lowest BCUT2D eigenvalue weighted by molar-refractivity contribution is 0.255. The molecule has 0 radical (unpaired) electrons. The van der Waals surface area contributed by atoms with E-state index in [-0.39, 0.29) is 0 Å². The molecule has 110 valence electrons. The van der Waals surface area contributed by atoms with Gasteiger partial charge in [0, 0.05) is 6.54 Å². The van der Waals surface area contributed by atoms with E-state index in [1.165, 1.54) is 6.33 Å². The highest BCUT2D eigenvalue weighted by molar-refractivity contribution is 5.78. The van der Waals surface area contributed by atoms with E-state index in [0.29, 0.717) is 35.1 Å². The van der Waals surface area contributed by atoms with E-state index in [1.54, 1.807) is 7.11 Å². The van der Waals surface area contributed by atoms with E-state index in [4.69, 9.17) is 10.5 Å². The molecule has 2 aromatic rings. The Bertz CT molecular complexity index is 583. The molecule has 6 nitrogen and oxygen atoms in total. The van der Waals surface area contributed by atoms with E-state index >= 15 is 0 Å². The molecule has 6 heteroatoms. The Kier molecular flexibility index (Phi) is 4.11. The van der Waals surface area contributed by atoms with Crippen molar-refractivity contribution in [3.8, 4) is 5.88 Å². The molecule has 0 aliphatic carbocycles. The number of anilines is 1. The lowest BCUT2D eigenvalue weighted by atomic mass is 9.85. The quantitative estimate of drug-likeness (QED) is 0.907. The third-order valence-corrected chi connectivity index (χ3v) is 3.83. The molecule has 0 aliphatic rings. The smallest absolute Gasteiger partial charge is 0.245 e. The molecular formula is C14H23N5O. The molecule has 0 bridgehead atoms. The first kappa shape index (κ1) is 14.6. The van der Waals surface area contributed by atoms with E-state index in [0.717, 1.165) is 12.2 Å². The third kappa shape index (κ3) is 2.55. The Balaban J connectivity index is 2.46. The molecular weight excluding hydrogens is 254 g/mol. The average molecular weight is 277 g/mol. The maximum Gasteiger partial charge on any atom is 0.245 e. The Morgan fingerprint density at radius 3 is 2.40 bits per heavy atom. The first-order chi connectivity index (χ1) is 9.45. The van der Waals surface area contributed by atoms with Crippen molar-refractivity contribution in [3.63, 3.8) is 0 Å². The lowest BCUT2D eigenvalue weighted by Crippen LogP contribution is -2.22. The minimum absolute atomic E-state index is 0.463. The second kappa shape index (κ2) is 5.64. The molecule has 0 spiro atoms. The summed E-state index contributed by atoms with van der Waals surface area (Å²) in [5.74, 6) is 2.57. The topological polar surface area (TPSA) is 78.8 Å². The second-order valence-corrected chi connectivity index (χ2v) is 5.79. The Hall–Kier alpha value is -1.85. The van der Waals surface area contributed by atoms with Crippen LogP contribution in [0.25, 0.3) is 11.2 Å². The Morgan fingerprint density at radius 1 is 1.20 bits per heavy atom. The maximum atomic E-state index is 6.05. The van der Waals surface area contributed by atoms with Crippen LogP contribution in [0.3, 0.4) is 0 Å². The predicted molar refractivity (Wildman–Crippen MR) is 79.5 cm³/mol. The molecule has 0 atom stereocenters. The predicted octanol–water partition coefficient (Wildman–Crippen LogP) is 2.35. The van der Waals surface area contributed by atoms with Crippen molar-refractivity contribution in [2.75, 3.05) is 12.8 Å². The van der Waals surface area contributed by atoms with E-state index in [2.05, 4.69) is 42.6 Å². The van der Waals surface area contributed by atoms with Crippen LogP contribution >= 0.6 is 0 Å². The van der Waals surface area contributed by atoms with Gasteiger partial charge in [0.05, 0.1) is 7.11 Å². The highest BCUT2D eigenvalue weighted by atomic mass is 16.5. The van der Waals surface area contributed by atoms with Crippen molar-refractivity contribution in [2.45, 2.75) is 34.2 Å². The number of rotatable bonds is 5. The standard InChI is InChI=1S/C14H23N5O/c1-8(2)10(9(3)4)6-19-12-11(18-14(19)15)13(20-5)17-7-16-12/h7-10H,6H2,1-5H3,(H2,15,18). The lowest BCUT2D eigenvalue weighted by Gasteiger charge is -2.25. The van der Waals surface area contributed by atoms with Crippen molar-refractivity contribution in [3.05, 3.63) is 6.33 Å². The van der Waals surface area contributed by atoms with E-state index in [1.807, 2.05) is 4.57 Å². The molecule has 0 saturated carbocycles. The molecule has 0 amide bonds. The van der Waals surface area contributed by atoms with Crippen molar-refractivity contribution >= 4 is 17.1 Å². The summed E-state index contributed by atoms with van der Waals surface area (Å²) in [6, 6.07) is 0. The van der Waals surface area contributed by atoms with Crippen molar-refractivity contribution < 1.29 is 4.74 Å². The van der Waals surface area contributed by atoms with Crippen LogP contribution in [0.15, 0.2) is 6.33 Å². The zero-order valence-electron chi connectivity index (χ0n) is 12.8. The molecule has 0 aromatic carbocycles. The van der Waals surface area contributed by atoms with Gasteiger partial charge in [0.15, 0.2) is 11.2 Å². The minimum atomic E-state index is 0.463. The Labute approximate surface area is 119 Å². The number of nitrogens with zero attached hydrogens (tertiary/aromatic N) is 4. The summed E-state index contributed by atoms with van der Waals surface area (Å²) in [6.45, 7) is 9.73. The number of ether oxygens (including phenoxy) is 1. The van der Waals surface area contributed by atoms with Gasteiger partial charge < -0.3 is 10.5 Å². The van der Waals surface area contributed by atoms with Gasteiger partial charge in [-0.2, -0.15) is 4.98 Å². The zero-order chi connectivity index (χ0) is 14.9. The average Bonchev–Trinajstić information content (AvgIpc) is 2.70. The number of aromatic nitrogens is 4. The van der Waals surface area contributed by atoms with Crippen LogP contribution in [0.4, 0.5) is 5.95 Å². The van der Waals surface area contributed by atoms with Crippen LogP contribution in [-0.4, -0.2) is 26.6 Å². The van der Waals surface area contributed by atoms with Crippen molar-refractivity contribution in [2.24, 2.45) is 17.8 Å². The molecule has 20 heavy (non-hydrogen) atoms. The number of fused-ring (bicyclic) bond motifs is 1. The highest BCUT2D eigenvalue weighted by Gasteiger charge is 2.22. The van der Waals surface area contributed by atoms with E-state index in [9.17, 15) is 0 Å². The zero-order valence-corrected chi connectivity index (χ0v) is 12.8. The van der Waals surface area contributed by atoms with Crippen LogP contribution in [0, 0.1) is 17.8 Å². The number of imidazole rings is 1. The first-order valence-corrected chi connectivity index (χ1v) is 6.96. The summed E-state index contributed by atoms with van der Waals surface area (Å²) in [6.07, 6.45) is 1.48. The maximum absolute atomic E-state index is 6.05. The number of hydrogen-bond acceptors (Lipinski definition) is 5. The summed E-state index contributed by atoms with van der Waals surface area (Å²) in [5.41, 5.74) is 7.41. The monoisotopic (exact) mass is 277 g/mol. The van der Waals surface area contributed by atoms with Gasteiger partial charge in [-0.25, -0.2) is 9.97 Å². The SMILES string of the molecule is COc1ncnc2c1nc(N)n2CC(C(C)C)C(C)C. The van der Waals surface area contributed by atoms with Crippen molar-refractivity contribution in [1.29, 1.82) is 0 Å². The highest BCUT2D eigenvalue weighted by Crippen LogP contribution is 2.28. The largest absolute Gasteiger partial charge is 0.479 e. The summed E-state index contributed by atoms with van der Waals surface area (Å²) in [7, 11) is 1.57. The molecule has 2 N–H and O–H groups in total. The minimum Gasteiger partial charge on any atom is -0.479 e. The number of nitrogens with two attached hydrogens (primary N) is 1. The van der Waals surface area contributed by atoms with Crippen LogP contribution < -0.4 is 10.5 Å². The molecule has 0 unspecified atom stereocenters. The molecule has 0 saturated heterocycles. The summed E-state index contributed by atoms with van der Waals surface area (Å²) in [5, 5.41) is 0. The normalized spacial score (nSPS) is 12.0. The third-order valence-electron chi connectivity index (χ3n) is 3.83. The van der Waals surface area contributed by atoms with Crippen LogP contribution in [0.2, 0.25) is 0 Å². The summed E-state index contributed by atoms with van der Waals surface area (Å²) in [4.78, 5) is 12.7.